The highest BCUT2D eigenvalue weighted by Crippen LogP contribution is 1.96. The van der Waals surface area contributed by atoms with Gasteiger partial charge in [-0.15, -0.1) is 0 Å². The van der Waals surface area contributed by atoms with Crippen LogP contribution in [0.25, 0.3) is 0 Å². The molecule has 0 unspecified atom stereocenters. The van der Waals surface area contributed by atoms with Crippen molar-refractivity contribution < 1.29 is 0 Å². The number of nitrogens with zero attached hydrogens (tertiary/aromatic N) is 2. The molecule has 0 aromatic carbocycles. The Morgan fingerprint density at radius 3 is 2.50 bits per heavy atom. The smallest absolute Gasteiger partial charge is 0.109 e. The van der Waals surface area contributed by atoms with Crippen LogP contribution in [0.2, 0.25) is 0 Å². The first kappa shape index (κ1) is 5.35. The summed E-state index contributed by atoms with van der Waals surface area (Å²) in [6.45, 7) is 5.69. The van der Waals surface area contributed by atoms with Gasteiger partial charge in [0.15, 0.2) is 0 Å². The lowest BCUT2D eigenvalue weighted by Gasteiger charge is -1.93. The van der Waals surface area contributed by atoms with Crippen LogP contribution in [-0.2, 0) is 7.05 Å². The van der Waals surface area contributed by atoms with Crippen molar-refractivity contribution in [2.75, 3.05) is 0 Å². The first-order chi connectivity index (χ1) is 3.72. The lowest BCUT2D eigenvalue weighted by molar-refractivity contribution is 0.850. The maximum Gasteiger partial charge on any atom is 0.109 e. The summed E-state index contributed by atoms with van der Waals surface area (Å²) < 4.78 is 1.94. The minimum atomic E-state index is 0.822. The molecule has 2 heteroatoms. The Bertz CT molecular complexity index is 169. The van der Waals surface area contributed by atoms with Crippen molar-refractivity contribution in [1.82, 2.24) is 9.55 Å². The molecule has 0 spiro atoms. The summed E-state index contributed by atoms with van der Waals surface area (Å²) in [4.78, 5) is 3.97. The summed E-state index contributed by atoms with van der Waals surface area (Å²) in [5, 5.41) is 0. The number of hydrogen-bond acceptors (Lipinski definition) is 1. The van der Waals surface area contributed by atoms with E-state index in [0.29, 0.717) is 0 Å². The molecule has 0 bridgehead atoms. The number of hydrogen-bond donors (Lipinski definition) is 0. The normalized spacial score (nSPS) is 9.88. The molecule has 2 nitrogen and oxygen atoms in total. The highest BCUT2D eigenvalue weighted by atomic mass is 15.0. The van der Waals surface area contributed by atoms with Crippen LogP contribution in [0.3, 0.4) is 0 Å². The molecule has 1 aromatic rings. The van der Waals surface area contributed by atoms with E-state index >= 15 is 0 Å². The van der Waals surface area contributed by atoms with E-state index in [1.165, 1.54) is 0 Å². The van der Waals surface area contributed by atoms with E-state index in [-0.39, 0.29) is 0 Å². The maximum absolute atomic E-state index is 3.97. The van der Waals surface area contributed by atoms with Gasteiger partial charge < -0.3 is 4.57 Å². The van der Waals surface area contributed by atoms with Crippen LogP contribution in [-0.4, -0.2) is 9.55 Å². The molecule has 0 aliphatic heterocycles. The Labute approximate surface area is 49.2 Å². The average Bonchev–Trinajstić information content (AvgIpc) is 1.98. The monoisotopic (exact) mass is 109 g/mol. The van der Waals surface area contributed by atoms with Crippen LogP contribution in [0.1, 0.15) is 11.5 Å². The van der Waals surface area contributed by atoms with Gasteiger partial charge >= 0.3 is 0 Å². The van der Waals surface area contributed by atoms with E-state index in [1.807, 2.05) is 24.7 Å². The Morgan fingerprint density at radius 1 is 1.75 bits per heavy atom. The van der Waals surface area contributed by atoms with Gasteiger partial charge in [-0.05, 0) is 6.92 Å². The van der Waals surface area contributed by atoms with Gasteiger partial charge in [-0.3, -0.25) is 0 Å². The average molecular weight is 109 g/mol. The van der Waals surface area contributed by atoms with Gasteiger partial charge in [0.05, 0.1) is 0 Å². The van der Waals surface area contributed by atoms with Gasteiger partial charge in [0, 0.05) is 25.9 Å². The third-order valence-electron chi connectivity index (χ3n) is 1.32. The van der Waals surface area contributed by atoms with Crippen LogP contribution in [0, 0.1) is 13.8 Å². The molecule has 1 aromatic heterocycles. The quantitative estimate of drug-likeness (QED) is 0.484. The minimum absolute atomic E-state index is 0.822. The standard InChI is InChI=1S/C6H9N2/c1-5-4-7-6(2)8(5)3/h4H,2H2,1,3H3. The molecule has 1 rings (SSSR count). The number of aromatic nitrogens is 2. The van der Waals surface area contributed by atoms with Gasteiger partial charge in [0.2, 0.25) is 0 Å². The third kappa shape index (κ3) is 0.619. The Kier molecular flexibility index (Phi) is 1.08. The topological polar surface area (TPSA) is 17.8 Å². The highest BCUT2D eigenvalue weighted by Gasteiger charge is 1.92. The zero-order valence-electron chi connectivity index (χ0n) is 5.18. The van der Waals surface area contributed by atoms with Crippen LogP contribution >= 0.6 is 0 Å². The molecule has 0 aliphatic rings. The van der Waals surface area contributed by atoms with Crippen LogP contribution in [0.15, 0.2) is 6.20 Å². The molecular formula is C6H9N2. The van der Waals surface area contributed by atoms with Crippen molar-refractivity contribution in [2.45, 2.75) is 6.92 Å². The van der Waals surface area contributed by atoms with E-state index in [1.54, 1.807) is 0 Å². The molecule has 0 saturated carbocycles. The van der Waals surface area contributed by atoms with Gasteiger partial charge in [0.25, 0.3) is 0 Å². The first-order valence-electron chi connectivity index (χ1n) is 2.52. The molecule has 43 valence electrons. The summed E-state index contributed by atoms with van der Waals surface area (Å²) in [5.41, 5.74) is 1.15. The number of aryl methyl sites for hydroxylation is 1. The highest BCUT2D eigenvalue weighted by molar-refractivity contribution is 5.03. The summed E-state index contributed by atoms with van der Waals surface area (Å²) in [5.74, 6) is 0.822. The zero-order chi connectivity index (χ0) is 6.15. The summed E-state index contributed by atoms with van der Waals surface area (Å²) in [6.07, 6.45) is 1.81. The predicted octanol–water partition coefficient (Wildman–Crippen LogP) is 0.911. The second-order valence-electron chi connectivity index (χ2n) is 1.87. The van der Waals surface area contributed by atoms with Crippen molar-refractivity contribution in [2.24, 2.45) is 7.05 Å². The van der Waals surface area contributed by atoms with Crippen LogP contribution in [0.5, 0.6) is 0 Å². The molecule has 0 aliphatic carbocycles. The SMILES string of the molecule is [CH2]c1ncc(C)n1C. The van der Waals surface area contributed by atoms with E-state index in [2.05, 4.69) is 11.9 Å². The van der Waals surface area contributed by atoms with Crippen molar-refractivity contribution in [3.63, 3.8) is 0 Å². The maximum atomic E-state index is 3.97. The van der Waals surface area contributed by atoms with E-state index in [9.17, 15) is 0 Å². The molecule has 0 amide bonds. The fourth-order valence-corrected chi connectivity index (χ4v) is 0.545. The molecule has 0 saturated heterocycles. The summed E-state index contributed by atoms with van der Waals surface area (Å²) in [7, 11) is 1.95. The Hall–Kier alpha value is -0.790. The molecule has 0 atom stereocenters. The van der Waals surface area contributed by atoms with E-state index in [0.717, 1.165) is 11.5 Å². The van der Waals surface area contributed by atoms with Crippen LogP contribution in [0.4, 0.5) is 0 Å². The minimum Gasteiger partial charge on any atom is -0.335 e. The van der Waals surface area contributed by atoms with Gasteiger partial charge in [-0.25, -0.2) is 4.98 Å². The number of imidazole rings is 1. The Balaban J connectivity index is 3.19. The lowest BCUT2D eigenvalue weighted by atomic mass is 10.5. The lowest BCUT2D eigenvalue weighted by Crippen LogP contribution is -1.92. The van der Waals surface area contributed by atoms with Crippen molar-refractivity contribution in [3.05, 3.63) is 24.6 Å². The Morgan fingerprint density at radius 2 is 2.38 bits per heavy atom. The molecule has 1 heterocycles. The third-order valence-corrected chi connectivity index (χ3v) is 1.32. The molecular weight excluding hydrogens is 100 g/mol. The van der Waals surface area contributed by atoms with E-state index < -0.39 is 0 Å². The zero-order valence-corrected chi connectivity index (χ0v) is 5.18. The second kappa shape index (κ2) is 1.62. The van der Waals surface area contributed by atoms with Gasteiger partial charge in [-0.1, -0.05) is 0 Å². The van der Waals surface area contributed by atoms with Crippen molar-refractivity contribution >= 4 is 0 Å². The fraction of sp³-hybridized carbons (Fsp3) is 0.333. The summed E-state index contributed by atoms with van der Waals surface area (Å²) >= 11 is 0. The van der Waals surface area contributed by atoms with Crippen LogP contribution < -0.4 is 0 Å². The largest absolute Gasteiger partial charge is 0.335 e. The fourth-order valence-electron chi connectivity index (χ4n) is 0.545. The van der Waals surface area contributed by atoms with Crippen molar-refractivity contribution in [1.29, 1.82) is 0 Å². The van der Waals surface area contributed by atoms with E-state index in [4.69, 9.17) is 0 Å². The van der Waals surface area contributed by atoms with Gasteiger partial charge in [0.1, 0.15) is 5.82 Å². The molecule has 1 radical (unpaired) electrons. The molecule has 8 heavy (non-hydrogen) atoms. The first-order valence-corrected chi connectivity index (χ1v) is 2.52. The molecule has 0 fully saturated rings. The molecule has 0 N–H and O–H groups in total. The number of rotatable bonds is 0. The summed E-state index contributed by atoms with van der Waals surface area (Å²) in [6, 6.07) is 0. The second-order valence-corrected chi connectivity index (χ2v) is 1.87. The predicted molar refractivity (Wildman–Crippen MR) is 32.4 cm³/mol. The van der Waals surface area contributed by atoms with Crippen molar-refractivity contribution in [3.8, 4) is 0 Å². The van der Waals surface area contributed by atoms with Gasteiger partial charge in [-0.2, -0.15) is 0 Å².